The van der Waals surface area contributed by atoms with Gasteiger partial charge in [-0.05, 0) is 22.8 Å². The van der Waals surface area contributed by atoms with E-state index in [1.54, 1.807) is 18.2 Å². The summed E-state index contributed by atoms with van der Waals surface area (Å²) in [6.45, 7) is 1.43. The highest BCUT2D eigenvalue weighted by Gasteiger charge is 2.17. The summed E-state index contributed by atoms with van der Waals surface area (Å²) in [5.41, 5.74) is 1.74. The summed E-state index contributed by atoms with van der Waals surface area (Å²) < 4.78 is 15.9. The number of hydrogen-bond donors (Lipinski definition) is 0. The second-order valence-corrected chi connectivity index (χ2v) is 4.75. The lowest BCUT2D eigenvalue weighted by Crippen LogP contribution is -1.86. The van der Waals surface area contributed by atoms with Gasteiger partial charge in [-0.3, -0.25) is 4.52 Å². The van der Waals surface area contributed by atoms with Gasteiger partial charge in [0.05, 0.1) is 10.6 Å². The molecule has 0 fully saturated rings. The van der Waals surface area contributed by atoms with Crippen molar-refractivity contribution < 1.29 is 9.09 Å². The van der Waals surface area contributed by atoms with Crippen LogP contribution in [-0.4, -0.2) is 6.66 Å². The quantitative estimate of drug-likeness (QED) is 0.581. The third-order valence-electron chi connectivity index (χ3n) is 1.52. The largest absolute Gasteiger partial charge is 0.552 e. The van der Waals surface area contributed by atoms with Crippen molar-refractivity contribution in [3.05, 3.63) is 39.3 Å². The Morgan fingerprint density at radius 1 is 1.47 bits per heavy atom. The van der Waals surface area contributed by atoms with Gasteiger partial charge < -0.3 is 0 Å². The molecule has 0 heterocycles. The van der Waals surface area contributed by atoms with E-state index in [9.17, 15) is 4.57 Å². The monoisotopic (exact) mass is 283 g/mol. The molecule has 1 atom stereocenters. The van der Waals surface area contributed by atoms with Gasteiger partial charge in [0.1, 0.15) is 0 Å². The van der Waals surface area contributed by atoms with Crippen LogP contribution < -0.4 is 0 Å². The lowest BCUT2D eigenvalue weighted by atomic mass is 10.2. The van der Waals surface area contributed by atoms with E-state index in [2.05, 4.69) is 0 Å². The normalized spacial score (nSPS) is 12.5. The molecular formula is C9H7Cl3O2P+. The topological polar surface area (TPSA) is 26.3 Å². The van der Waals surface area contributed by atoms with Gasteiger partial charge in [0.2, 0.25) is 5.76 Å². The first-order valence-electron chi connectivity index (χ1n) is 3.89. The van der Waals surface area contributed by atoms with Crippen molar-refractivity contribution in [1.82, 2.24) is 0 Å². The molecule has 0 aliphatic heterocycles. The molecule has 0 saturated heterocycles. The van der Waals surface area contributed by atoms with E-state index < -0.39 is 8.03 Å². The summed E-state index contributed by atoms with van der Waals surface area (Å²) in [6.07, 6.45) is 0. The van der Waals surface area contributed by atoms with E-state index in [4.69, 9.17) is 39.3 Å². The second-order valence-electron chi connectivity index (χ2n) is 2.63. The molecule has 1 rings (SSSR count). The first kappa shape index (κ1) is 12.8. The van der Waals surface area contributed by atoms with Crippen molar-refractivity contribution in [3.8, 4) is 0 Å². The third kappa shape index (κ3) is 3.66. The van der Waals surface area contributed by atoms with Gasteiger partial charge in [-0.25, -0.2) is 0 Å². The second kappa shape index (κ2) is 5.72. The molecule has 0 saturated carbocycles. The Hall–Kier alpha value is -0.270. The first-order chi connectivity index (χ1) is 7.04. The minimum atomic E-state index is -1.78. The van der Waals surface area contributed by atoms with E-state index >= 15 is 0 Å². The molecule has 15 heavy (non-hydrogen) atoms. The van der Waals surface area contributed by atoms with Gasteiger partial charge in [0, 0.05) is 10.6 Å². The lowest BCUT2D eigenvalue weighted by molar-refractivity contribution is 0.489. The maximum atomic E-state index is 10.9. The molecule has 1 unspecified atom stereocenters. The summed E-state index contributed by atoms with van der Waals surface area (Å²) in [5.74, 6) is 0.266. The summed E-state index contributed by atoms with van der Waals surface area (Å²) >= 11 is 17.2. The molecule has 0 aliphatic rings. The Kier molecular flexibility index (Phi) is 4.88. The van der Waals surface area contributed by atoms with Gasteiger partial charge in [0.25, 0.3) is 0 Å². The van der Waals surface area contributed by atoms with Crippen LogP contribution in [0.3, 0.4) is 0 Å². The van der Waals surface area contributed by atoms with Crippen molar-refractivity contribution in [3.63, 3.8) is 0 Å². The van der Waals surface area contributed by atoms with Crippen LogP contribution in [-0.2, 0) is 9.09 Å². The number of benzene rings is 1. The SMILES string of the molecule is C[P+](=O)O/C(=C/Cl)c1ccc(Cl)cc1Cl. The molecule has 6 heteroatoms. The zero-order valence-corrected chi connectivity index (χ0v) is 10.9. The highest BCUT2D eigenvalue weighted by atomic mass is 35.5. The Balaban J connectivity index is 3.08. The summed E-state index contributed by atoms with van der Waals surface area (Å²) in [4.78, 5) is 0. The van der Waals surface area contributed by atoms with Crippen LogP contribution in [0.1, 0.15) is 5.56 Å². The first-order valence-corrected chi connectivity index (χ1v) is 6.71. The lowest BCUT2D eigenvalue weighted by Gasteiger charge is -2.02. The predicted molar refractivity (Wildman–Crippen MR) is 64.9 cm³/mol. The van der Waals surface area contributed by atoms with Crippen LogP contribution in [0.25, 0.3) is 5.76 Å². The van der Waals surface area contributed by atoms with Crippen LogP contribution in [0.2, 0.25) is 10.0 Å². The average Bonchev–Trinajstić information content (AvgIpc) is 2.14. The average molecular weight is 284 g/mol. The molecule has 0 aromatic heterocycles. The molecule has 0 aliphatic carbocycles. The van der Waals surface area contributed by atoms with Crippen LogP contribution in [0, 0.1) is 0 Å². The predicted octanol–water partition coefficient (Wildman–Crippen LogP) is 4.92. The minimum Gasteiger partial charge on any atom is -0.253 e. The zero-order chi connectivity index (χ0) is 11.4. The van der Waals surface area contributed by atoms with Crippen molar-refractivity contribution in [2.45, 2.75) is 0 Å². The fourth-order valence-corrected chi connectivity index (χ4v) is 2.11. The highest BCUT2D eigenvalue weighted by molar-refractivity contribution is 7.38. The molecule has 0 bridgehead atoms. The Bertz CT molecular complexity index is 418. The van der Waals surface area contributed by atoms with Gasteiger partial charge in [-0.1, -0.05) is 34.8 Å². The molecule has 2 nitrogen and oxygen atoms in total. The van der Waals surface area contributed by atoms with E-state index in [0.29, 0.717) is 15.6 Å². The van der Waals surface area contributed by atoms with Crippen LogP contribution >= 0.6 is 42.8 Å². The number of hydrogen-bond acceptors (Lipinski definition) is 2. The molecule has 1 aromatic carbocycles. The van der Waals surface area contributed by atoms with E-state index in [1.807, 2.05) is 0 Å². The molecule has 0 spiro atoms. The standard InChI is InChI=1S/C9H7Cl3O2P/c1-15(13)14-9(5-10)7-3-2-6(11)4-8(7)12/h2-5H,1H3/q+1/b9-5+. The number of halogens is 3. The summed E-state index contributed by atoms with van der Waals surface area (Å²) in [6, 6.07) is 4.86. The van der Waals surface area contributed by atoms with Crippen molar-refractivity contribution in [1.29, 1.82) is 0 Å². The summed E-state index contributed by atoms with van der Waals surface area (Å²) in [5, 5.41) is 0.907. The van der Waals surface area contributed by atoms with Crippen molar-refractivity contribution >= 4 is 48.6 Å². The minimum absolute atomic E-state index is 0.266. The molecule has 0 radical (unpaired) electrons. The number of rotatable bonds is 3. The fourth-order valence-electron chi connectivity index (χ4n) is 0.956. The molecule has 0 N–H and O–H groups in total. The van der Waals surface area contributed by atoms with E-state index in [-0.39, 0.29) is 5.76 Å². The third-order valence-corrected chi connectivity index (χ3v) is 2.72. The van der Waals surface area contributed by atoms with Gasteiger partial charge >= 0.3 is 8.03 Å². The Labute approximate surface area is 104 Å². The van der Waals surface area contributed by atoms with Crippen LogP contribution in [0.4, 0.5) is 0 Å². The highest BCUT2D eigenvalue weighted by Crippen LogP contribution is 2.33. The van der Waals surface area contributed by atoms with Gasteiger partial charge in [-0.15, -0.1) is 0 Å². The van der Waals surface area contributed by atoms with E-state index in [1.165, 1.54) is 12.2 Å². The van der Waals surface area contributed by atoms with Crippen molar-refractivity contribution in [2.24, 2.45) is 0 Å². The molecule has 1 aromatic rings. The van der Waals surface area contributed by atoms with Crippen LogP contribution in [0.5, 0.6) is 0 Å². The van der Waals surface area contributed by atoms with E-state index in [0.717, 1.165) is 0 Å². The molecule has 80 valence electrons. The summed E-state index contributed by atoms with van der Waals surface area (Å²) in [7, 11) is -1.78. The Morgan fingerprint density at radius 3 is 2.60 bits per heavy atom. The smallest absolute Gasteiger partial charge is 0.253 e. The molecule has 0 amide bonds. The Morgan fingerprint density at radius 2 is 2.13 bits per heavy atom. The zero-order valence-electron chi connectivity index (χ0n) is 7.71. The van der Waals surface area contributed by atoms with Gasteiger partial charge in [-0.2, -0.15) is 0 Å². The van der Waals surface area contributed by atoms with Crippen molar-refractivity contribution in [2.75, 3.05) is 6.66 Å². The molecular weight excluding hydrogens is 277 g/mol. The maximum absolute atomic E-state index is 10.9. The van der Waals surface area contributed by atoms with Gasteiger partial charge in [0.15, 0.2) is 6.66 Å². The maximum Gasteiger partial charge on any atom is 0.552 e. The van der Waals surface area contributed by atoms with Crippen LogP contribution in [0.15, 0.2) is 23.7 Å². The fraction of sp³-hybridized carbons (Fsp3) is 0.111.